The first kappa shape index (κ1) is 18.9. The Kier molecular flexibility index (Phi) is 6.37. The molecule has 0 radical (unpaired) electrons. The Morgan fingerprint density at radius 1 is 1.33 bits per heavy atom. The molecule has 1 fully saturated rings. The van der Waals surface area contributed by atoms with Crippen LogP contribution in [0.2, 0.25) is 0 Å². The van der Waals surface area contributed by atoms with E-state index in [2.05, 4.69) is 12.2 Å². The van der Waals surface area contributed by atoms with Gasteiger partial charge in [-0.05, 0) is 24.3 Å². The van der Waals surface area contributed by atoms with E-state index in [1.165, 1.54) is 28.3 Å². The van der Waals surface area contributed by atoms with Crippen molar-refractivity contribution in [3.8, 4) is 0 Å². The molecule has 1 aromatic carbocycles. The van der Waals surface area contributed by atoms with Crippen LogP contribution in [-0.2, 0) is 15.0 Å². The summed E-state index contributed by atoms with van der Waals surface area (Å²) in [5, 5.41) is 2.98. The summed E-state index contributed by atoms with van der Waals surface area (Å²) < 4.78 is 27.1. The highest BCUT2D eigenvalue weighted by atomic mass is 32.2. The molecule has 0 unspecified atom stereocenters. The Hall–Kier alpha value is -1.44. The van der Waals surface area contributed by atoms with Gasteiger partial charge >= 0.3 is 0 Å². The molecule has 1 heterocycles. The van der Waals surface area contributed by atoms with Gasteiger partial charge in [-0.1, -0.05) is 37.3 Å². The van der Waals surface area contributed by atoms with Crippen LogP contribution in [0, 0.1) is 5.92 Å². The van der Waals surface area contributed by atoms with Crippen LogP contribution in [0.5, 0.6) is 0 Å². The molecule has 7 heteroatoms. The Morgan fingerprint density at radius 3 is 2.62 bits per heavy atom. The van der Waals surface area contributed by atoms with E-state index in [1.807, 2.05) is 30.3 Å². The van der Waals surface area contributed by atoms with E-state index in [1.54, 1.807) is 0 Å². The molecule has 1 aliphatic heterocycles. The molecule has 1 saturated heterocycles. The van der Waals surface area contributed by atoms with Gasteiger partial charge in [0.15, 0.2) is 0 Å². The van der Waals surface area contributed by atoms with Gasteiger partial charge in [-0.2, -0.15) is 17.0 Å². The molecule has 1 aliphatic rings. The van der Waals surface area contributed by atoms with Crippen molar-refractivity contribution in [2.45, 2.75) is 25.7 Å². The SMILES string of the molecule is C[C@@H](CNC(=O)[C@@H]1CCCN(S(=O)(=O)N(C)C)C1)c1ccccc1. The largest absolute Gasteiger partial charge is 0.355 e. The van der Waals surface area contributed by atoms with Gasteiger partial charge < -0.3 is 5.32 Å². The zero-order valence-electron chi connectivity index (χ0n) is 14.6. The second-order valence-corrected chi connectivity index (χ2v) is 8.69. The lowest BCUT2D eigenvalue weighted by Gasteiger charge is -2.33. The summed E-state index contributed by atoms with van der Waals surface area (Å²) >= 11 is 0. The Morgan fingerprint density at radius 2 is 2.00 bits per heavy atom. The third-order valence-corrected chi connectivity index (χ3v) is 6.40. The van der Waals surface area contributed by atoms with Gasteiger partial charge in [-0.15, -0.1) is 0 Å². The van der Waals surface area contributed by atoms with Crippen LogP contribution in [0.4, 0.5) is 0 Å². The molecule has 1 amide bonds. The zero-order valence-corrected chi connectivity index (χ0v) is 15.4. The molecule has 0 aliphatic carbocycles. The summed E-state index contributed by atoms with van der Waals surface area (Å²) in [5.74, 6) is -0.117. The maximum absolute atomic E-state index is 12.4. The van der Waals surface area contributed by atoms with Crippen LogP contribution in [0.3, 0.4) is 0 Å². The van der Waals surface area contributed by atoms with Crippen molar-refractivity contribution < 1.29 is 13.2 Å². The van der Waals surface area contributed by atoms with Crippen LogP contribution in [0.1, 0.15) is 31.2 Å². The summed E-state index contributed by atoms with van der Waals surface area (Å²) in [7, 11) is -0.425. The minimum Gasteiger partial charge on any atom is -0.355 e. The first-order chi connectivity index (χ1) is 11.3. The lowest BCUT2D eigenvalue weighted by Crippen LogP contribution is -2.49. The van der Waals surface area contributed by atoms with Crippen molar-refractivity contribution in [1.29, 1.82) is 0 Å². The molecule has 6 nitrogen and oxygen atoms in total. The number of amides is 1. The average Bonchev–Trinajstić information content (AvgIpc) is 2.60. The lowest BCUT2D eigenvalue weighted by molar-refractivity contribution is -0.126. The lowest BCUT2D eigenvalue weighted by atomic mass is 9.97. The van der Waals surface area contributed by atoms with Crippen molar-refractivity contribution in [3.63, 3.8) is 0 Å². The standard InChI is InChI=1S/C17H27N3O3S/c1-14(15-8-5-4-6-9-15)12-18-17(21)16-10-7-11-20(13-16)24(22,23)19(2)3/h4-6,8-9,14,16H,7,10-13H2,1-3H3,(H,18,21)/t14-,16+/m0/s1. The van der Waals surface area contributed by atoms with Crippen molar-refractivity contribution in [1.82, 2.24) is 13.9 Å². The second kappa shape index (κ2) is 8.09. The number of nitrogens with zero attached hydrogens (tertiary/aromatic N) is 2. The van der Waals surface area contributed by atoms with Crippen LogP contribution < -0.4 is 5.32 Å². The monoisotopic (exact) mass is 353 g/mol. The van der Waals surface area contributed by atoms with Crippen LogP contribution in [0.25, 0.3) is 0 Å². The van der Waals surface area contributed by atoms with Gasteiger partial charge in [0.25, 0.3) is 10.2 Å². The Bertz CT molecular complexity index is 646. The maximum Gasteiger partial charge on any atom is 0.281 e. The second-order valence-electron chi connectivity index (χ2n) is 6.54. The number of rotatable bonds is 6. The van der Waals surface area contributed by atoms with Crippen LogP contribution >= 0.6 is 0 Å². The van der Waals surface area contributed by atoms with Gasteiger partial charge in [0.2, 0.25) is 5.91 Å². The van der Waals surface area contributed by atoms with Crippen LogP contribution in [-0.4, -0.2) is 56.7 Å². The molecule has 0 saturated carbocycles. The van der Waals surface area contributed by atoms with Crippen molar-refractivity contribution >= 4 is 16.1 Å². The minimum atomic E-state index is -3.45. The molecule has 2 atom stereocenters. The molecule has 24 heavy (non-hydrogen) atoms. The summed E-state index contributed by atoms with van der Waals surface area (Å²) in [5.41, 5.74) is 1.18. The van der Waals surface area contributed by atoms with E-state index < -0.39 is 10.2 Å². The van der Waals surface area contributed by atoms with E-state index in [-0.39, 0.29) is 24.3 Å². The van der Waals surface area contributed by atoms with Gasteiger partial charge in [0, 0.05) is 33.7 Å². The van der Waals surface area contributed by atoms with Gasteiger partial charge in [-0.25, -0.2) is 0 Å². The van der Waals surface area contributed by atoms with Gasteiger partial charge in [-0.3, -0.25) is 4.79 Å². The molecule has 134 valence electrons. The fourth-order valence-electron chi connectivity index (χ4n) is 2.89. The minimum absolute atomic E-state index is 0.0589. The van der Waals surface area contributed by atoms with E-state index in [0.717, 1.165) is 6.42 Å². The topological polar surface area (TPSA) is 69.7 Å². The smallest absolute Gasteiger partial charge is 0.281 e. The number of nitrogens with one attached hydrogen (secondary N) is 1. The Labute approximate surface area is 145 Å². The quantitative estimate of drug-likeness (QED) is 0.841. The summed E-state index contributed by atoms with van der Waals surface area (Å²) in [6.45, 7) is 3.36. The molecule has 0 bridgehead atoms. The van der Waals surface area contributed by atoms with Crippen LogP contribution in [0.15, 0.2) is 30.3 Å². The molecule has 0 spiro atoms. The summed E-state index contributed by atoms with van der Waals surface area (Å²) in [6, 6.07) is 10.0. The molecule has 1 aromatic rings. The van der Waals surface area contributed by atoms with E-state index in [9.17, 15) is 13.2 Å². The number of hydrogen-bond donors (Lipinski definition) is 1. The molecule has 2 rings (SSSR count). The van der Waals surface area contributed by atoms with Crippen molar-refractivity contribution in [3.05, 3.63) is 35.9 Å². The predicted molar refractivity (Wildman–Crippen MR) is 94.8 cm³/mol. The van der Waals surface area contributed by atoms with Gasteiger partial charge in [0.1, 0.15) is 0 Å². The van der Waals surface area contributed by atoms with Crippen molar-refractivity contribution in [2.24, 2.45) is 5.92 Å². The third-order valence-electron chi connectivity index (χ3n) is 4.49. The fourth-order valence-corrected chi connectivity index (χ4v) is 4.08. The van der Waals surface area contributed by atoms with E-state index >= 15 is 0 Å². The normalized spacial score (nSPS) is 20.8. The van der Waals surface area contributed by atoms with Crippen molar-refractivity contribution in [2.75, 3.05) is 33.7 Å². The first-order valence-corrected chi connectivity index (χ1v) is 9.72. The summed E-state index contributed by atoms with van der Waals surface area (Å²) in [6.07, 6.45) is 1.43. The third kappa shape index (κ3) is 4.55. The molecule has 0 aromatic heterocycles. The highest BCUT2D eigenvalue weighted by Gasteiger charge is 2.33. The van der Waals surface area contributed by atoms with Gasteiger partial charge in [0.05, 0.1) is 5.92 Å². The summed E-state index contributed by atoms with van der Waals surface area (Å²) in [4.78, 5) is 12.4. The number of piperidine rings is 1. The fraction of sp³-hybridized carbons (Fsp3) is 0.588. The first-order valence-electron chi connectivity index (χ1n) is 8.32. The molecular formula is C17H27N3O3S. The zero-order chi connectivity index (χ0) is 17.7. The average molecular weight is 353 g/mol. The molecular weight excluding hydrogens is 326 g/mol. The number of benzene rings is 1. The number of carbonyl (C=O) groups is 1. The van der Waals surface area contributed by atoms with E-state index in [4.69, 9.17) is 0 Å². The van der Waals surface area contributed by atoms with E-state index in [0.29, 0.717) is 19.5 Å². The molecule has 1 N–H and O–H groups in total. The number of carbonyl (C=O) groups excluding carboxylic acids is 1. The Balaban J connectivity index is 1.90. The number of hydrogen-bond acceptors (Lipinski definition) is 3. The highest BCUT2D eigenvalue weighted by Crippen LogP contribution is 2.21. The highest BCUT2D eigenvalue weighted by molar-refractivity contribution is 7.86. The predicted octanol–water partition coefficient (Wildman–Crippen LogP) is 1.42. The maximum atomic E-state index is 12.4.